The molecule has 0 spiro atoms. The third-order valence-electron chi connectivity index (χ3n) is 8.28. The SMILES string of the molecule is C=C/C(C#N)=C\Cc1cccc(-c2ccc3c4ccc(-c5cccc(/C(N)=C/C(C#N)=C\C)c5)cc4c4ccccc4c3c2)c1. The zero-order valence-corrected chi connectivity index (χ0v) is 25.1. The average molecular weight is 578 g/mol. The Morgan fingerprint density at radius 3 is 1.78 bits per heavy atom. The van der Waals surface area contributed by atoms with Gasteiger partial charge in [-0.3, -0.25) is 0 Å². The van der Waals surface area contributed by atoms with Gasteiger partial charge in [0.2, 0.25) is 0 Å². The maximum absolute atomic E-state index is 9.32. The first-order valence-corrected chi connectivity index (χ1v) is 14.9. The van der Waals surface area contributed by atoms with E-state index in [0.29, 0.717) is 23.3 Å². The summed E-state index contributed by atoms with van der Waals surface area (Å²) in [4.78, 5) is 0. The van der Waals surface area contributed by atoms with Gasteiger partial charge in [0.05, 0.1) is 12.1 Å². The first kappa shape index (κ1) is 28.9. The lowest BCUT2D eigenvalue weighted by Crippen LogP contribution is -1.97. The van der Waals surface area contributed by atoms with Gasteiger partial charge in [0.1, 0.15) is 0 Å². The van der Waals surface area contributed by atoms with E-state index in [1.54, 1.807) is 18.2 Å². The van der Waals surface area contributed by atoms with Crippen molar-refractivity contribution in [2.45, 2.75) is 13.3 Å². The van der Waals surface area contributed by atoms with Crippen LogP contribution in [0.1, 0.15) is 18.1 Å². The molecule has 0 unspecified atom stereocenters. The van der Waals surface area contributed by atoms with Gasteiger partial charge >= 0.3 is 0 Å². The van der Waals surface area contributed by atoms with Crippen LogP contribution in [-0.4, -0.2) is 0 Å². The van der Waals surface area contributed by atoms with Crippen molar-refractivity contribution in [3.8, 4) is 34.4 Å². The van der Waals surface area contributed by atoms with Crippen LogP contribution in [0, 0.1) is 22.7 Å². The van der Waals surface area contributed by atoms with Crippen molar-refractivity contribution < 1.29 is 0 Å². The molecular formula is C42H31N3. The summed E-state index contributed by atoms with van der Waals surface area (Å²) in [6.45, 7) is 5.55. The van der Waals surface area contributed by atoms with Gasteiger partial charge in [-0.15, -0.1) is 0 Å². The predicted octanol–water partition coefficient (Wildman–Crippen LogP) is 10.4. The summed E-state index contributed by atoms with van der Waals surface area (Å²) in [6.07, 6.45) is 7.65. The molecule has 6 aromatic carbocycles. The standard InChI is InChI=1S/C42H31N3/c1-3-28(26-43)15-16-30-9-7-10-31(21-30)33-17-19-38-39-20-18-34(25-41(39)37-14-6-5-13-36(37)40(38)24-33)32-11-8-12-35(23-32)42(45)22-29(4-2)27-44/h3-15,17-25H,1,16,45H2,2H3/b28-15+,29-4+,42-22-. The first-order chi connectivity index (χ1) is 22.0. The number of hydrogen-bond acceptors (Lipinski definition) is 3. The Bertz CT molecular complexity index is 2280. The van der Waals surface area contributed by atoms with Gasteiger partial charge in [-0.25, -0.2) is 0 Å². The molecule has 214 valence electrons. The number of benzene rings is 6. The molecule has 2 N–H and O–H groups in total. The lowest BCUT2D eigenvalue weighted by molar-refractivity contribution is 1.26. The fourth-order valence-electron chi connectivity index (χ4n) is 5.91. The van der Waals surface area contributed by atoms with E-state index in [9.17, 15) is 10.5 Å². The molecule has 0 aliphatic heterocycles. The van der Waals surface area contributed by atoms with Crippen LogP contribution in [0.3, 0.4) is 0 Å². The van der Waals surface area contributed by atoms with Gasteiger partial charge < -0.3 is 5.73 Å². The maximum Gasteiger partial charge on any atom is 0.0988 e. The summed E-state index contributed by atoms with van der Waals surface area (Å²) in [6, 6.07) is 43.0. The highest BCUT2D eigenvalue weighted by Gasteiger charge is 2.12. The Labute approximate surface area is 263 Å². The van der Waals surface area contributed by atoms with Crippen LogP contribution in [0.5, 0.6) is 0 Å². The van der Waals surface area contributed by atoms with Crippen LogP contribution in [0.25, 0.3) is 60.3 Å². The molecule has 0 fully saturated rings. The Morgan fingerprint density at radius 1 is 0.644 bits per heavy atom. The minimum atomic E-state index is 0.535. The van der Waals surface area contributed by atoms with Gasteiger partial charge in [0.15, 0.2) is 0 Å². The summed E-state index contributed by atoms with van der Waals surface area (Å²) < 4.78 is 0. The molecule has 6 rings (SSSR count). The van der Waals surface area contributed by atoms with Crippen LogP contribution in [0.2, 0.25) is 0 Å². The van der Waals surface area contributed by atoms with Crippen molar-refractivity contribution in [3.63, 3.8) is 0 Å². The number of allylic oxidation sites excluding steroid dienone is 6. The number of rotatable bonds is 7. The molecule has 0 saturated carbocycles. The topological polar surface area (TPSA) is 73.6 Å². The third kappa shape index (κ3) is 5.76. The van der Waals surface area contributed by atoms with Crippen LogP contribution >= 0.6 is 0 Å². The molecule has 0 saturated heterocycles. The van der Waals surface area contributed by atoms with Crippen molar-refractivity contribution in [1.29, 1.82) is 10.5 Å². The van der Waals surface area contributed by atoms with Crippen molar-refractivity contribution in [3.05, 3.63) is 162 Å². The van der Waals surface area contributed by atoms with Crippen LogP contribution < -0.4 is 5.73 Å². The van der Waals surface area contributed by atoms with E-state index < -0.39 is 0 Å². The molecule has 0 heterocycles. The van der Waals surface area contributed by atoms with E-state index in [0.717, 1.165) is 33.4 Å². The highest BCUT2D eigenvalue weighted by atomic mass is 14.6. The second kappa shape index (κ2) is 12.6. The van der Waals surface area contributed by atoms with Gasteiger partial charge in [0.25, 0.3) is 0 Å². The highest BCUT2D eigenvalue weighted by molar-refractivity contribution is 6.26. The largest absolute Gasteiger partial charge is 0.398 e. The van der Waals surface area contributed by atoms with E-state index in [1.165, 1.54) is 32.3 Å². The van der Waals surface area contributed by atoms with E-state index in [2.05, 4.69) is 116 Å². The number of fused-ring (bicyclic) bond motifs is 6. The number of nitrogens with two attached hydrogens (primary N) is 1. The zero-order chi connectivity index (χ0) is 31.3. The van der Waals surface area contributed by atoms with Gasteiger partial charge in [-0.05, 0) is 103 Å². The number of hydrogen-bond donors (Lipinski definition) is 1. The Morgan fingerprint density at radius 2 is 1.20 bits per heavy atom. The molecule has 0 bridgehead atoms. The molecular weight excluding hydrogens is 546 g/mol. The predicted molar refractivity (Wildman–Crippen MR) is 189 cm³/mol. The molecule has 3 heteroatoms. The normalized spacial score (nSPS) is 12.3. The molecule has 3 nitrogen and oxygen atoms in total. The molecule has 0 aliphatic carbocycles. The van der Waals surface area contributed by atoms with Crippen LogP contribution in [-0.2, 0) is 6.42 Å². The van der Waals surface area contributed by atoms with Crippen molar-refractivity contribution in [1.82, 2.24) is 0 Å². The van der Waals surface area contributed by atoms with E-state index in [-0.39, 0.29) is 0 Å². The van der Waals surface area contributed by atoms with Gasteiger partial charge in [-0.1, -0.05) is 116 Å². The maximum atomic E-state index is 9.32. The van der Waals surface area contributed by atoms with Gasteiger partial charge in [-0.2, -0.15) is 10.5 Å². The summed E-state index contributed by atoms with van der Waals surface area (Å²) in [7, 11) is 0. The van der Waals surface area contributed by atoms with Crippen molar-refractivity contribution in [2.24, 2.45) is 5.73 Å². The first-order valence-electron chi connectivity index (χ1n) is 14.9. The van der Waals surface area contributed by atoms with E-state index in [1.807, 2.05) is 25.1 Å². The zero-order valence-electron chi connectivity index (χ0n) is 25.1. The molecule has 0 aliphatic rings. The van der Waals surface area contributed by atoms with Crippen LogP contribution in [0.15, 0.2) is 151 Å². The Balaban J connectivity index is 1.45. The van der Waals surface area contributed by atoms with Gasteiger partial charge in [0, 0.05) is 16.8 Å². The lowest BCUT2D eigenvalue weighted by Gasteiger charge is -2.14. The lowest BCUT2D eigenvalue weighted by atomic mass is 9.90. The molecule has 45 heavy (non-hydrogen) atoms. The second-order valence-electron chi connectivity index (χ2n) is 11.0. The summed E-state index contributed by atoms with van der Waals surface area (Å²) in [5.41, 5.74) is 14.5. The quantitative estimate of drug-likeness (QED) is 0.116. The second-order valence-corrected chi connectivity index (χ2v) is 11.0. The molecule has 0 radical (unpaired) electrons. The fraction of sp³-hybridized carbons (Fsp3) is 0.0476. The summed E-state index contributed by atoms with van der Waals surface area (Å²) >= 11 is 0. The molecule has 0 amide bonds. The minimum Gasteiger partial charge on any atom is -0.398 e. The summed E-state index contributed by atoms with van der Waals surface area (Å²) in [5.74, 6) is 0. The molecule has 6 aromatic rings. The minimum absolute atomic E-state index is 0.535. The number of nitrogens with zero attached hydrogens (tertiary/aromatic N) is 2. The van der Waals surface area contributed by atoms with Crippen molar-refractivity contribution in [2.75, 3.05) is 0 Å². The summed E-state index contributed by atoms with van der Waals surface area (Å²) in [5, 5.41) is 25.8. The highest BCUT2D eigenvalue weighted by Crippen LogP contribution is 2.39. The van der Waals surface area contributed by atoms with Crippen molar-refractivity contribution >= 4 is 38.0 Å². The monoisotopic (exact) mass is 577 g/mol. The fourth-order valence-corrected chi connectivity index (χ4v) is 5.91. The van der Waals surface area contributed by atoms with Crippen LogP contribution in [0.4, 0.5) is 0 Å². The third-order valence-corrected chi connectivity index (χ3v) is 8.28. The Hall–Kier alpha value is -6.16. The Kier molecular flexibility index (Phi) is 8.10. The average Bonchev–Trinajstić information content (AvgIpc) is 3.10. The molecule has 0 atom stereocenters. The van der Waals surface area contributed by atoms with E-state index >= 15 is 0 Å². The smallest absolute Gasteiger partial charge is 0.0988 e. The number of nitriles is 2. The van der Waals surface area contributed by atoms with E-state index in [4.69, 9.17) is 5.73 Å². The molecule has 0 aromatic heterocycles.